The number of alkyl carbamates (subject to hydrolysis) is 1. The maximum atomic E-state index is 12.7. The van der Waals surface area contributed by atoms with E-state index in [1.54, 1.807) is 37.8 Å². The van der Waals surface area contributed by atoms with Crippen molar-refractivity contribution in [3.05, 3.63) is 34.9 Å². The van der Waals surface area contributed by atoms with Gasteiger partial charge in [0.25, 0.3) is 0 Å². The van der Waals surface area contributed by atoms with Crippen molar-refractivity contribution < 1.29 is 29.0 Å². The molecule has 1 aromatic rings. The van der Waals surface area contributed by atoms with Crippen LogP contribution in [0.15, 0.2) is 18.2 Å². The summed E-state index contributed by atoms with van der Waals surface area (Å²) in [7, 11) is 0. The van der Waals surface area contributed by atoms with Crippen LogP contribution in [0, 0.1) is 5.41 Å². The number of nitrogens with zero attached hydrogens (tertiary/aromatic N) is 1. The van der Waals surface area contributed by atoms with Crippen LogP contribution in [-0.4, -0.2) is 52.5 Å². The molecule has 176 valence electrons. The number of likely N-dealkylation sites (tertiary alicyclic amines) is 1. The summed E-state index contributed by atoms with van der Waals surface area (Å²) in [6.07, 6.45) is 1.14. The van der Waals surface area contributed by atoms with Gasteiger partial charge in [-0.1, -0.05) is 6.07 Å². The van der Waals surface area contributed by atoms with E-state index in [0.29, 0.717) is 32.4 Å². The van der Waals surface area contributed by atoms with Gasteiger partial charge in [-0.2, -0.15) is 0 Å². The highest BCUT2D eigenvalue weighted by Gasteiger charge is 2.49. The minimum absolute atomic E-state index is 0.183. The second-order valence-corrected chi connectivity index (χ2v) is 10.8. The molecule has 8 nitrogen and oxygen atoms in total. The number of aromatic carboxylic acids is 1. The van der Waals surface area contributed by atoms with Crippen LogP contribution in [0.2, 0.25) is 0 Å². The average molecular weight is 447 g/mol. The molecule has 1 unspecified atom stereocenters. The third-order valence-electron chi connectivity index (χ3n) is 5.93. The molecule has 1 heterocycles. The second kappa shape index (κ2) is 8.30. The molecular weight excluding hydrogens is 412 g/mol. The van der Waals surface area contributed by atoms with E-state index in [0.717, 1.165) is 11.1 Å². The molecule has 1 aromatic carbocycles. The van der Waals surface area contributed by atoms with Crippen molar-refractivity contribution >= 4 is 18.2 Å². The van der Waals surface area contributed by atoms with Gasteiger partial charge < -0.3 is 24.8 Å². The number of piperidine rings is 1. The van der Waals surface area contributed by atoms with Crippen LogP contribution in [0.4, 0.5) is 9.59 Å². The van der Waals surface area contributed by atoms with Crippen LogP contribution >= 0.6 is 0 Å². The summed E-state index contributed by atoms with van der Waals surface area (Å²) in [6, 6.07) is 4.68. The molecule has 2 N–H and O–H groups in total. The van der Waals surface area contributed by atoms with Crippen molar-refractivity contribution in [1.29, 1.82) is 0 Å². The van der Waals surface area contributed by atoms with Crippen molar-refractivity contribution in [2.75, 3.05) is 13.1 Å². The lowest BCUT2D eigenvalue weighted by Gasteiger charge is -2.43. The van der Waals surface area contributed by atoms with E-state index in [2.05, 4.69) is 5.32 Å². The Morgan fingerprint density at radius 2 is 1.62 bits per heavy atom. The maximum Gasteiger partial charge on any atom is 0.410 e. The van der Waals surface area contributed by atoms with E-state index in [-0.39, 0.29) is 17.1 Å². The molecule has 2 amide bonds. The fourth-order valence-electron chi connectivity index (χ4n) is 4.55. The Balaban J connectivity index is 1.85. The predicted octanol–water partition coefficient (Wildman–Crippen LogP) is 4.52. The number of rotatable bonds is 2. The minimum Gasteiger partial charge on any atom is -0.478 e. The van der Waals surface area contributed by atoms with Gasteiger partial charge in [0.15, 0.2) is 0 Å². The lowest BCUT2D eigenvalue weighted by Crippen LogP contribution is -2.49. The minimum atomic E-state index is -1.01. The van der Waals surface area contributed by atoms with Gasteiger partial charge in [-0.25, -0.2) is 14.4 Å². The molecule has 1 fully saturated rings. The zero-order valence-corrected chi connectivity index (χ0v) is 19.8. The van der Waals surface area contributed by atoms with Gasteiger partial charge in [-0.15, -0.1) is 0 Å². The van der Waals surface area contributed by atoms with E-state index in [1.165, 1.54) is 0 Å². The molecule has 32 heavy (non-hydrogen) atoms. The number of benzene rings is 1. The molecule has 8 heteroatoms. The fraction of sp³-hybridized carbons (Fsp3) is 0.625. The summed E-state index contributed by atoms with van der Waals surface area (Å²) < 4.78 is 11.0. The molecule has 1 aliphatic heterocycles. The third kappa shape index (κ3) is 5.34. The van der Waals surface area contributed by atoms with Gasteiger partial charge in [0.2, 0.25) is 0 Å². The molecule has 0 bridgehead atoms. The highest BCUT2D eigenvalue weighted by Crippen LogP contribution is 2.52. The molecule has 1 atom stereocenters. The van der Waals surface area contributed by atoms with Crippen LogP contribution in [0.5, 0.6) is 0 Å². The smallest absolute Gasteiger partial charge is 0.410 e. The average Bonchev–Trinajstić information content (AvgIpc) is 2.91. The van der Waals surface area contributed by atoms with Crippen molar-refractivity contribution in [2.45, 2.75) is 78.0 Å². The number of hydrogen-bond acceptors (Lipinski definition) is 5. The maximum absolute atomic E-state index is 12.7. The fourth-order valence-corrected chi connectivity index (χ4v) is 4.55. The monoisotopic (exact) mass is 446 g/mol. The number of fused-ring (bicyclic) bond motifs is 1. The number of carboxylic acid groups (broad SMARTS) is 1. The van der Waals surface area contributed by atoms with Crippen molar-refractivity contribution in [3.63, 3.8) is 0 Å². The van der Waals surface area contributed by atoms with Crippen molar-refractivity contribution in [1.82, 2.24) is 10.2 Å². The Hall–Kier alpha value is -2.77. The van der Waals surface area contributed by atoms with Crippen LogP contribution < -0.4 is 5.32 Å². The molecule has 2 aliphatic rings. The number of carbonyl (C=O) groups is 3. The Morgan fingerprint density at radius 1 is 1.03 bits per heavy atom. The SMILES string of the molecule is CC(C)(C)OC(=O)NC1c2cc(C(=O)O)ccc2CC12CCN(C(=O)OC(C)(C)C)CC2. The molecule has 0 saturated carbocycles. The highest BCUT2D eigenvalue weighted by atomic mass is 16.6. The number of carboxylic acids is 1. The topological polar surface area (TPSA) is 105 Å². The summed E-state index contributed by atoms with van der Waals surface area (Å²) in [5.74, 6) is -1.01. The van der Waals surface area contributed by atoms with Gasteiger partial charge in [0.05, 0.1) is 11.6 Å². The molecule has 1 saturated heterocycles. The first-order valence-corrected chi connectivity index (χ1v) is 11.0. The van der Waals surface area contributed by atoms with Crippen LogP contribution in [0.25, 0.3) is 0 Å². The highest BCUT2D eigenvalue weighted by molar-refractivity contribution is 5.88. The lowest BCUT2D eigenvalue weighted by atomic mass is 9.73. The molecule has 0 radical (unpaired) electrons. The van der Waals surface area contributed by atoms with Gasteiger partial charge in [-0.05, 0) is 84.1 Å². The standard InChI is InChI=1S/C24H34N2O6/c1-22(2,3)31-20(29)25-18-17-13-15(19(27)28)7-8-16(17)14-24(18)9-11-26(12-10-24)21(30)32-23(4,5)6/h7-8,13,18H,9-12,14H2,1-6H3,(H,25,29)(H,27,28). The van der Waals surface area contributed by atoms with Gasteiger partial charge in [0, 0.05) is 18.5 Å². The first kappa shape index (κ1) is 23.9. The van der Waals surface area contributed by atoms with Gasteiger partial charge in [-0.3, -0.25) is 0 Å². The Labute approximate surface area is 189 Å². The number of amides is 2. The summed E-state index contributed by atoms with van der Waals surface area (Å²) >= 11 is 0. The first-order valence-electron chi connectivity index (χ1n) is 11.0. The Kier molecular flexibility index (Phi) is 6.19. The van der Waals surface area contributed by atoms with Gasteiger partial charge in [0.1, 0.15) is 11.2 Å². The van der Waals surface area contributed by atoms with Crippen LogP contribution in [0.1, 0.15) is 81.9 Å². The molecule has 1 spiro atoms. The lowest BCUT2D eigenvalue weighted by molar-refractivity contribution is 0.00331. The zero-order chi connectivity index (χ0) is 23.9. The molecule has 3 rings (SSSR count). The number of carbonyl (C=O) groups excluding carboxylic acids is 2. The van der Waals surface area contributed by atoms with Gasteiger partial charge >= 0.3 is 18.2 Å². The molecule has 0 aromatic heterocycles. The van der Waals surface area contributed by atoms with Crippen molar-refractivity contribution in [2.24, 2.45) is 5.41 Å². The number of hydrogen-bond donors (Lipinski definition) is 2. The summed E-state index contributed by atoms with van der Waals surface area (Å²) in [4.78, 5) is 38.4. The van der Waals surface area contributed by atoms with E-state index in [1.807, 2.05) is 26.8 Å². The van der Waals surface area contributed by atoms with E-state index in [4.69, 9.17) is 9.47 Å². The molecular formula is C24H34N2O6. The van der Waals surface area contributed by atoms with Crippen molar-refractivity contribution in [3.8, 4) is 0 Å². The zero-order valence-electron chi connectivity index (χ0n) is 19.8. The largest absolute Gasteiger partial charge is 0.478 e. The quantitative estimate of drug-likeness (QED) is 0.692. The normalized spacial score (nSPS) is 19.9. The predicted molar refractivity (Wildman–Crippen MR) is 119 cm³/mol. The van der Waals surface area contributed by atoms with Crippen LogP contribution in [-0.2, 0) is 15.9 Å². The number of nitrogens with one attached hydrogen (secondary N) is 1. The summed E-state index contributed by atoms with van der Waals surface area (Å²) in [6.45, 7) is 11.9. The van der Waals surface area contributed by atoms with E-state index < -0.39 is 29.3 Å². The summed E-state index contributed by atoms with van der Waals surface area (Å²) in [5, 5.41) is 12.5. The van der Waals surface area contributed by atoms with E-state index >= 15 is 0 Å². The number of ether oxygens (including phenoxy) is 2. The summed E-state index contributed by atoms with van der Waals surface area (Å²) in [5.41, 5.74) is 0.465. The van der Waals surface area contributed by atoms with Crippen LogP contribution in [0.3, 0.4) is 0 Å². The second-order valence-electron chi connectivity index (χ2n) is 10.8. The Bertz CT molecular complexity index is 904. The first-order chi connectivity index (χ1) is 14.7. The van der Waals surface area contributed by atoms with E-state index in [9.17, 15) is 19.5 Å². The molecule has 1 aliphatic carbocycles. The third-order valence-corrected chi connectivity index (χ3v) is 5.93. The Morgan fingerprint density at radius 3 is 2.16 bits per heavy atom.